The van der Waals surface area contributed by atoms with Gasteiger partial charge in [-0.3, -0.25) is 33.3 Å². The van der Waals surface area contributed by atoms with Crippen molar-refractivity contribution < 1.29 is 56.3 Å². The number of nitrogens with zero attached hydrogens (tertiary/aromatic N) is 3. The summed E-state index contributed by atoms with van der Waals surface area (Å²) in [4.78, 5) is 58.9. The lowest BCUT2D eigenvalue weighted by atomic mass is 9.95. The largest absolute Gasteiger partial charge is 0.505 e. The molecule has 4 N–H and O–H groups in total. The van der Waals surface area contributed by atoms with Gasteiger partial charge in [0.2, 0.25) is 0 Å². The standard InChI is InChI=1S/C34H36FN4O7P.C15H25N2O4P/c1-4-45-34(43)22(2)37-47(44,46-25-10-6-5-7-11-25)19-9-18-38(3)32(41)28-26-12-8-17-36-30(26)31(40)29-27(28)21-39(33(29)42)20-23-13-15-24(35)16-14-23;1-4-20-15(18)13(2)17-22(19,12-8-11-16-3)21-14-9-6-5-7-10-14/h5-8,10-17,22,40H,4,9,18-21H2,1-3H3,(H,37,44);5-7,9-10,13,16H,4,8,11-12H2,1-3H3,(H,17,19)/t22-,47?;13-,22?/m00/s1. The van der Waals surface area contributed by atoms with Crippen LogP contribution in [0.1, 0.15) is 72.4 Å². The van der Waals surface area contributed by atoms with Crippen molar-refractivity contribution in [1.82, 2.24) is 30.3 Å². The van der Waals surface area contributed by atoms with Crippen LogP contribution in [0.2, 0.25) is 0 Å². The van der Waals surface area contributed by atoms with Gasteiger partial charge in [-0.15, -0.1) is 0 Å². The minimum atomic E-state index is -3.65. The Morgan fingerprint density at radius 3 is 1.87 bits per heavy atom. The molecule has 0 fully saturated rings. The van der Waals surface area contributed by atoms with Crippen molar-refractivity contribution in [2.24, 2.45) is 0 Å². The summed E-state index contributed by atoms with van der Waals surface area (Å²) in [7, 11) is -3.42. The van der Waals surface area contributed by atoms with Crippen LogP contribution in [0.4, 0.5) is 4.39 Å². The summed E-state index contributed by atoms with van der Waals surface area (Å²) >= 11 is 0. The molecule has 0 bridgehead atoms. The van der Waals surface area contributed by atoms with Gasteiger partial charge in [0.15, 0.2) is 5.75 Å². The molecule has 0 aliphatic carbocycles. The fraction of sp³-hybridized carbons (Fsp3) is 0.367. The third kappa shape index (κ3) is 14.9. The molecule has 2 unspecified atom stereocenters. The van der Waals surface area contributed by atoms with Gasteiger partial charge in [-0.25, -0.2) is 14.6 Å². The van der Waals surface area contributed by atoms with Crippen LogP contribution in [0, 0.1) is 5.82 Å². The summed E-state index contributed by atoms with van der Waals surface area (Å²) in [6.45, 7) is 8.10. The zero-order valence-corrected chi connectivity index (χ0v) is 41.5. The maximum absolute atomic E-state index is 14.1. The van der Waals surface area contributed by atoms with E-state index < -0.39 is 56.7 Å². The zero-order valence-electron chi connectivity index (χ0n) is 39.7. The van der Waals surface area contributed by atoms with E-state index in [9.17, 15) is 37.8 Å². The van der Waals surface area contributed by atoms with E-state index in [1.807, 2.05) is 25.2 Å². The highest BCUT2D eigenvalue weighted by atomic mass is 31.2. The number of aromatic nitrogens is 1. The Balaban J connectivity index is 0.000000339. The Hall–Kier alpha value is -6.16. The van der Waals surface area contributed by atoms with E-state index >= 15 is 0 Å². The summed E-state index contributed by atoms with van der Waals surface area (Å²) in [5, 5.41) is 20.2. The first-order valence-corrected chi connectivity index (χ1v) is 26.3. The normalized spacial score (nSPS) is 14.5. The Kier molecular flexibility index (Phi) is 19.8. The molecule has 4 aromatic carbocycles. The van der Waals surface area contributed by atoms with Crippen LogP contribution < -0.4 is 24.5 Å². The van der Waals surface area contributed by atoms with Gasteiger partial charge >= 0.3 is 27.0 Å². The van der Waals surface area contributed by atoms with Crippen LogP contribution >= 0.6 is 15.0 Å². The molecule has 370 valence electrons. The molecule has 0 radical (unpaired) electrons. The number of halogens is 1. The number of phenols is 1. The summed E-state index contributed by atoms with van der Waals surface area (Å²) in [5.41, 5.74) is 1.42. The monoisotopic (exact) mass is 990 g/mol. The second kappa shape index (κ2) is 25.4. The van der Waals surface area contributed by atoms with Gasteiger partial charge in [0.1, 0.15) is 34.9 Å². The maximum Gasteiger partial charge on any atom is 0.323 e. The molecule has 0 saturated heterocycles. The van der Waals surface area contributed by atoms with E-state index in [1.54, 1.807) is 101 Å². The van der Waals surface area contributed by atoms with Gasteiger partial charge in [-0.05, 0) is 102 Å². The molecule has 69 heavy (non-hydrogen) atoms. The first-order valence-electron chi connectivity index (χ1n) is 22.6. The first kappa shape index (κ1) is 53.8. The fourth-order valence-electron chi connectivity index (χ4n) is 7.41. The average Bonchev–Trinajstić information content (AvgIpc) is 3.65. The SMILES string of the molecule is CCOC(=O)[C@H](C)NP(=O)(CCCN(C)C(=O)c1c2c(c(O)c3ncccc13)C(=O)N(Cc1ccc(F)cc1)C2)Oc1ccccc1.CCOC(=O)[C@H](C)NP(=O)(CCCNC)Oc1ccccc1. The minimum Gasteiger partial charge on any atom is -0.505 e. The van der Waals surface area contributed by atoms with E-state index in [2.05, 4.69) is 20.5 Å². The van der Waals surface area contributed by atoms with E-state index in [0.29, 0.717) is 40.6 Å². The first-order chi connectivity index (χ1) is 33.0. The summed E-state index contributed by atoms with van der Waals surface area (Å²) in [6, 6.07) is 25.0. The van der Waals surface area contributed by atoms with Crippen molar-refractivity contribution in [3.8, 4) is 17.2 Å². The van der Waals surface area contributed by atoms with E-state index in [4.69, 9.17) is 18.5 Å². The Bertz CT molecular complexity index is 2630. The number of phenolic OH excluding ortho intramolecular Hbond substituents is 1. The highest BCUT2D eigenvalue weighted by Gasteiger charge is 2.38. The van der Waals surface area contributed by atoms with Crippen LogP contribution in [-0.2, 0) is 41.3 Å². The molecule has 5 aromatic rings. The number of pyridine rings is 1. The highest BCUT2D eigenvalue weighted by Crippen LogP contribution is 2.46. The Labute approximate surface area is 402 Å². The number of amides is 2. The van der Waals surface area contributed by atoms with Crippen LogP contribution in [0.3, 0.4) is 0 Å². The van der Waals surface area contributed by atoms with Crippen molar-refractivity contribution >= 4 is 49.7 Å². The van der Waals surface area contributed by atoms with Crippen molar-refractivity contribution in [3.63, 3.8) is 0 Å². The van der Waals surface area contributed by atoms with Gasteiger partial charge in [0.25, 0.3) is 11.8 Å². The lowest BCUT2D eigenvalue weighted by molar-refractivity contribution is -0.145. The zero-order chi connectivity index (χ0) is 50.1. The number of para-hydroxylation sites is 2. The second-order valence-corrected chi connectivity index (χ2v) is 20.6. The number of nitrogens with one attached hydrogen (secondary N) is 3. The third-order valence-corrected chi connectivity index (χ3v) is 15.1. The highest BCUT2D eigenvalue weighted by molar-refractivity contribution is 7.57. The molecular formula is C49H61FN6O11P2. The average molecular weight is 991 g/mol. The van der Waals surface area contributed by atoms with Crippen LogP contribution in [0.15, 0.2) is 103 Å². The lowest BCUT2D eigenvalue weighted by Crippen LogP contribution is -2.36. The Morgan fingerprint density at radius 2 is 1.35 bits per heavy atom. The summed E-state index contributed by atoms with van der Waals surface area (Å²) in [5.74, 6) is -1.72. The van der Waals surface area contributed by atoms with Gasteiger partial charge in [-0.2, -0.15) is 0 Å². The molecule has 20 heteroatoms. The number of ether oxygens (including phenoxy) is 2. The maximum atomic E-state index is 14.1. The molecule has 17 nitrogen and oxygen atoms in total. The lowest BCUT2D eigenvalue weighted by Gasteiger charge is -2.25. The topological polar surface area (TPSA) is 215 Å². The number of rotatable bonds is 23. The van der Waals surface area contributed by atoms with Crippen molar-refractivity contribution in [3.05, 3.63) is 131 Å². The molecule has 6 rings (SSSR count). The third-order valence-electron chi connectivity index (χ3n) is 10.7. The number of aromatic hydroxyl groups is 1. The summed E-state index contributed by atoms with van der Waals surface area (Å²) in [6.07, 6.45) is 2.69. The van der Waals surface area contributed by atoms with Gasteiger partial charge < -0.3 is 38.7 Å². The van der Waals surface area contributed by atoms with Gasteiger partial charge in [0.05, 0.1) is 36.7 Å². The molecule has 1 aliphatic heterocycles. The van der Waals surface area contributed by atoms with Gasteiger partial charge in [0, 0.05) is 43.8 Å². The van der Waals surface area contributed by atoms with Gasteiger partial charge in [-0.1, -0.05) is 54.6 Å². The second-order valence-electron chi connectivity index (χ2n) is 16.1. The number of benzene rings is 4. The summed E-state index contributed by atoms with van der Waals surface area (Å²) < 4.78 is 62.0. The van der Waals surface area contributed by atoms with Crippen molar-refractivity contribution in [2.75, 3.05) is 52.7 Å². The number of esters is 2. The minimum absolute atomic E-state index is 0.00739. The molecule has 2 amide bonds. The van der Waals surface area contributed by atoms with Crippen LogP contribution in [0.25, 0.3) is 10.9 Å². The molecule has 0 spiro atoms. The predicted molar refractivity (Wildman–Crippen MR) is 261 cm³/mol. The number of carbonyl (C=O) groups is 4. The van der Waals surface area contributed by atoms with Crippen LogP contribution in [-0.4, -0.2) is 108 Å². The number of hydrogen-bond acceptors (Lipinski definition) is 13. The van der Waals surface area contributed by atoms with Crippen molar-refractivity contribution in [2.45, 2.75) is 65.7 Å². The smallest absolute Gasteiger partial charge is 0.323 e. The van der Waals surface area contributed by atoms with E-state index in [-0.39, 0.29) is 67.8 Å². The van der Waals surface area contributed by atoms with Crippen molar-refractivity contribution in [1.29, 1.82) is 0 Å². The fourth-order valence-corrected chi connectivity index (χ4v) is 11.4. The molecule has 4 atom stereocenters. The predicted octanol–water partition coefficient (Wildman–Crippen LogP) is 7.92. The number of hydrogen-bond donors (Lipinski definition) is 4. The number of carbonyl (C=O) groups excluding carboxylic acids is 4. The molecule has 1 aromatic heterocycles. The Morgan fingerprint density at radius 1 is 0.812 bits per heavy atom. The van der Waals surface area contributed by atoms with E-state index in [0.717, 1.165) is 6.54 Å². The molecular weight excluding hydrogens is 930 g/mol. The molecule has 2 heterocycles. The quantitative estimate of drug-likeness (QED) is 0.0278. The number of fused-ring (bicyclic) bond motifs is 2. The van der Waals surface area contributed by atoms with E-state index in [1.165, 1.54) is 28.1 Å². The molecule has 1 aliphatic rings. The molecule has 0 saturated carbocycles. The van der Waals surface area contributed by atoms with Crippen LogP contribution in [0.5, 0.6) is 17.2 Å².